The van der Waals surface area contributed by atoms with Gasteiger partial charge < -0.3 is 9.64 Å². The zero-order valence-electron chi connectivity index (χ0n) is 12.6. The molecule has 4 heteroatoms. The summed E-state index contributed by atoms with van der Waals surface area (Å²) >= 11 is 0. The number of hydrogen-bond donors (Lipinski definition) is 0. The van der Waals surface area contributed by atoms with Crippen LogP contribution in [0.4, 0.5) is 5.69 Å². The number of rotatable bonds is 4. The first kappa shape index (κ1) is 15.3. The van der Waals surface area contributed by atoms with Crippen LogP contribution in [-0.4, -0.2) is 32.0 Å². The number of para-hydroxylation sites is 1. The molecule has 0 fully saturated rings. The van der Waals surface area contributed by atoms with Crippen molar-refractivity contribution in [3.63, 3.8) is 0 Å². The third kappa shape index (κ3) is 3.51. The summed E-state index contributed by atoms with van der Waals surface area (Å²) in [6.07, 6.45) is 3.95. The smallest absolute Gasteiger partial charge is 0.333 e. The molecule has 0 N–H and O–H groups in total. The summed E-state index contributed by atoms with van der Waals surface area (Å²) in [5, 5.41) is 0. The number of fused-ring (bicyclic) bond motifs is 1. The predicted molar refractivity (Wildman–Crippen MR) is 82.6 cm³/mol. The van der Waals surface area contributed by atoms with Crippen molar-refractivity contribution in [1.29, 1.82) is 0 Å². The number of hydrogen-bond acceptors (Lipinski definition) is 4. The molecule has 0 saturated carbocycles. The van der Waals surface area contributed by atoms with Gasteiger partial charge in [0.05, 0.1) is 7.11 Å². The third-order valence-electron chi connectivity index (χ3n) is 3.76. The van der Waals surface area contributed by atoms with Gasteiger partial charge in [0.2, 0.25) is 0 Å². The number of nitrogens with zero attached hydrogens (tertiary/aromatic N) is 1. The van der Waals surface area contributed by atoms with E-state index >= 15 is 0 Å². The minimum Gasteiger partial charge on any atom is -0.466 e. The van der Waals surface area contributed by atoms with Crippen molar-refractivity contribution in [2.75, 3.05) is 25.1 Å². The number of methoxy groups -OCH3 is 1. The quantitative estimate of drug-likeness (QED) is 0.631. The maximum atomic E-state index is 12.1. The van der Waals surface area contributed by atoms with E-state index < -0.39 is 0 Å². The lowest BCUT2D eigenvalue weighted by Gasteiger charge is -2.23. The van der Waals surface area contributed by atoms with Crippen molar-refractivity contribution < 1.29 is 14.3 Å². The van der Waals surface area contributed by atoms with Crippen LogP contribution in [0.5, 0.6) is 0 Å². The molecule has 0 atom stereocenters. The first-order valence-corrected chi connectivity index (χ1v) is 7.32. The molecular weight excluding hydrogens is 266 g/mol. The van der Waals surface area contributed by atoms with Crippen molar-refractivity contribution in [2.45, 2.75) is 26.2 Å². The van der Waals surface area contributed by atoms with Crippen LogP contribution in [0.15, 0.2) is 35.9 Å². The first-order chi connectivity index (χ1) is 10.2. The lowest BCUT2D eigenvalue weighted by Crippen LogP contribution is -2.25. The monoisotopic (exact) mass is 287 g/mol. The van der Waals surface area contributed by atoms with Crippen molar-refractivity contribution in [2.24, 2.45) is 0 Å². The zero-order valence-corrected chi connectivity index (χ0v) is 12.6. The second-order valence-electron chi connectivity index (χ2n) is 5.06. The van der Waals surface area contributed by atoms with Crippen LogP contribution in [0, 0.1) is 0 Å². The van der Waals surface area contributed by atoms with E-state index in [2.05, 4.69) is 4.90 Å². The Morgan fingerprint density at radius 3 is 2.86 bits per heavy atom. The highest BCUT2D eigenvalue weighted by Gasteiger charge is 2.20. The third-order valence-corrected chi connectivity index (χ3v) is 3.76. The second-order valence-corrected chi connectivity index (χ2v) is 5.06. The van der Waals surface area contributed by atoms with E-state index in [-0.39, 0.29) is 11.8 Å². The van der Waals surface area contributed by atoms with Crippen LogP contribution in [0.2, 0.25) is 0 Å². The van der Waals surface area contributed by atoms with Crippen LogP contribution in [0.25, 0.3) is 0 Å². The Balaban J connectivity index is 2.24. The molecule has 0 spiro atoms. The highest BCUT2D eigenvalue weighted by molar-refractivity contribution is 6.02. The molecule has 1 aromatic rings. The van der Waals surface area contributed by atoms with E-state index in [1.807, 2.05) is 37.3 Å². The summed E-state index contributed by atoms with van der Waals surface area (Å²) in [7, 11) is 1.39. The Morgan fingerprint density at radius 1 is 1.38 bits per heavy atom. The fourth-order valence-electron chi connectivity index (χ4n) is 2.58. The molecule has 1 heterocycles. The van der Waals surface area contributed by atoms with Gasteiger partial charge in [0.25, 0.3) is 0 Å². The van der Waals surface area contributed by atoms with Gasteiger partial charge in [-0.05, 0) is 25.0 Å². The Hall–Kier alpha value is -2.10. The highest BCUT2D eigenvalue weighted by atomic mass is 16.5. The van der Waals surface area contributed by atoms with Gasteiger partial charge in [0.15, 0.2) is 5.78 Å². The molecule has 0 aromatic heterocycles. The number of esters is 1. The van der Waals surface area contributed by atoms with E-state index in [0.29, 0.717) is 25.0 Å². The number of benzene rings is 1. The van der Waals surface area contributed by atoms with Gasteiger partial charge in [-0.3, -0.25) is 4.79 Å². The van der Waals surface area contributed by atoms with Gasteiger partial charge in [-0.2, -0.15) is 0 Å². The van der Waals surface area contributed by atoms with Crippen molar-refractivity contribution in [3.8, 4) is 0 Å². The predicted octanol–water partition coefficient (Wildman–Crippen LogP) is 2.98. The van der Waals surface area contributed by atoms with E-state index in [9.17, 15) is 9.59 Å². The number of carbonyl (C=O) groups excluding carboxylic acids is 2. The molecule has 4 nitrogen and oxygen atoms in total. The van der Waals surface area contributed by atoms with E-state index in [4.69, 9.17) is 4.74 Å². The SMILES string of the molecule is CC/C(=C/CN1CCCC(=O)c2ccccc21)C(=O)OC. The molecule has 0 radical (unpaired) electrons. The van der Waals surface area contributed by atoms with Gasteiger partial charge in [0.1, 0.15) is 0 Å². The van der Waals surface area contributed by atoms with Crippen molar-refractivity contribution in [1.82, 2.24) is 0 Å². The van der Waals surface area contributed by atoms with Gasteiger partial charge in [-0.1, -0.05) is 25.1 Å². The summed E-state index contributed by atoms with van der Waals surface area (Å²) in [4.78, 5) is 25.9. The molecule has 0 unspecified atom stereocenters. The number of ketones is 1. The van der Waals surface area contributed by atoms with Crippen LogP contribution in [0.1, 0.15) is 36.5 Å². The standard InChI is InChI=1S/C17H21NO3/c1-3-13(17(20)21-2)10-12-18-11-6-9-16(19)14-7-4-5-8-15(14)18/h4-5,7-8,10H,3,6,9,11-12H2,1-2H3/b13-10-. The largest absolute Gasteiger partial charge is 0.466 e. The number of anilines is 1. The van der Waals surface area contributed by atoms with Crippen molar-refractivity contribution >= 4 is 17.4 Å². The summed E-state index contributed by atoms with van der Waals surface area (Å²) in [5.74, 6) is -0.0857. The zero-order chi connectivity index (χ0) is 15.2. The fourth-order valence-corrected chi connectivity index (χ4v) is 2.58. The molecule has 21 heavy (non-hydrogen) atoms. The molecule has 0 amide bonds. The van der Waals surface area contributed by atoms with E-state index in [1.165, 1.54) is 7.11 Å². The summed E-state index contributed by atoms with van der Waals surface area (Å²) in [6.45, 7) is 3.36. The number of carbonyl (C=O) groups is 2. The van der Waals surface area contributed by atoms with Crippen LogP contribution in [0.3, 0.4) is 0 Å². The van der Waals surface area contributed by atoms with Crippen molar-refractivity contribution in [3.05, 3.63) is 41.5 Å². The highest BCUT2D eigenvalue weighted by Crippen LogP contribution is 2.26. The summed E-state index contributed by atoms with van der Waals surface area (Å²) in [5.41, 5.74) is 2.40. The van der Waals surface area contributed by atoms with E-state index in [1.54, 1.807) is 0 Å². The Labute approximate surface area is 125 Å². The van der Waals surface area contributed by atoms with Gasteiger partial charge >= 0.3 is 5.97 Å². The van der Waals surface area contributed by atoms with Crippen LogP contribution < -0.4 is 4.90 Å². The van der Waals surface area contributed by atoms with Crippen LogP contribution in [-0.2, 0) is 9.53 Å². The fraction of sp³-hybridized carbons (Fsp3) is 0.412. The molecule has 0 aliphatic carbocycles. The van der Waals surface area contributed by atoms with Gasteiger partial charge in [-0.25, -0.2) is 4.79 Å². The maximum Gasteiger partial charge on any atom is 0.333 e. The average molecular weight is 287 g/mol. The topological polar surface area (TPSA) is 46.6 Å². The Morgan fingerprint density at radius 2 is 2.14 bits per heavy atom. The number of Topliss-reactive ketones (excluding diaryl/α,β-unsaturated/α-hetero) is 1. The molecule has 112 valence electrons. The minimum absolute atomic E-state index is 0.195. The van der Waals surface area contributed by atoms with Gasteiger partial charge in [0, 0.05) is 36.3 Å². The molecule has 0 bridgehead atoms. The lowest BCUT2D eigenvalue weighted by atomic mass is 10.1. The molecule has 1 aliphatic heterocycles. The Bertz CT molecular complexity index is 563. The molecule has 1 aromatic carbocycles. The molecule has 1 aliphatic rings. The minimum atomic E-state index is -0.281. The lowest BCUT2D eigenvalue weighted by molar-refractivity contribution is -0.136. The average Bonchev–Trinajstić information content (AvgIpc) is 2.68. The maximum absolute atomic E-state index is 12.1. The summed E-state index contributed by atoms with van der Waals surface area (Å²) in [6, 6.07) is 7.67. The van der Waals surface area contributed by atoms with Gasteiger partial charge in [-0.15, -0.1) is 0 Å². The molecule has 0 saturated heterocycles. The Kier molecular flexibility index (Phi) is 5.14. The first-order valence-electron chi connectivity index (χ1n) is 7.32. The van der Waals surface area contributed by atoms with E-state index in [0.717, 1.165) is 24.2 Å². The normalized spacial score (nSPS) is 15.4. The van der Waals surface area contributed by atoms with Crippen LogP contribution >= 0.6 is 0 Å². The summed E-state index contributed by atoms with van der Waals surface area (Å²) < 4.78 is 4.77. The molecule has 2 rings (SSSR count). The molecular formula is C17H21NO3. The number of ether oxygens (including phenoxy) is 1. The second kappa shape index (κ2) is 7.07.